The van der Waals surface area contributed by atoms with Crippen LogP contribution < -0.4 is 4.74 Å². The highest BCUT2D eigenvalue weighted by molar-refractivity contribution is 9.10. The Morgan fingerprint density at radius 3 is 2.57 bits per heavy atom. The van der Waals surface area contributed by atoms with Crippen LogP contribution in [0.2, 0.25) is 5.02 Å². The molecule has 0 amide bonds. The lowest BCUT2D eigenvalue weighted by Gasteiger charge is -2.08. The fraction of sp³-hybridized carbons (Fsp3) is 0.0909. The van der Waals surface area contributed by atoms with Crippen molar-refractivity contribution in [3.05, 3.63) is 99.3 Å². The highest BCUT2D eigenvalue weighted by Gasteiger charge is 2.10. The molecular weight excluding hydrogens is 440 g/mol. The largest absolute Gasteiger partial charge is 0.488 e. The summed E-state index contributed by atoms with van der Waals surface area (Å²) in [6.45, 7) is 0.444. The third-order valence-electron chi connectivity index (χ3n) is 4.12. The lowest BCUT2D eigenvalue weighted by Crippen LogP contribution is -1.96. The third kappa shape index (κ3) is 4.61. The van der Waals surface area contributed by atoms with Gasteiger partial charge in [0.1, 0.15) is 12.4 Å². The molecule has 0 bridgehead atoms. The lowest BCUT2D eigenvalue weighted by molar-refractivity contribution is 0.304. The molecule has 4 rings (SSSR count). The number of para-hydroxylation sites is 1. The quantitative estimate of drug-likeness (QED) is 0.341. The van der Waals surface area contributed by atoms with E-state index in [1.807, 2.05) is 72.8 Å². The first-order valence-electron chi connectivity index (χ1n) is 8.71. The summed E-state index contributed by atoms with van der Waals surface area (Å²) in [5.41, 5.74) is 2.90. The maximum Gasteiger partial charge on any atom is 0.247 e. The molecule has 0 unspecified atom stereocenters. The summed E-state index contributed by atoms with van der Waals surface area (Å²) in [7, 11) is 0. The molecule has 140 valence electrons. The summed E-state index contributed by atoms with van der Waals surface area (Å²) < 4.78 is 12.6. The summed E-state index contributed by atoms with van der Waals surface area (Å²) in [6.07, 6.45) is 0.540. The molecule has 4 aromatic rings. The van der Waals surface area contributed by atoms with Crippen molar-refractivity contribution in [2.75, 3.05) is 0 Å². The van der Waals surface area contributed by atoms with E-state index in [1.54, 1.807) is 0 Å². The van der Waals surface area contributed by atoms with Gasteiger partial charge in [0.2, 0.25) is 11.8 Å². The molecule has 0 aliphatic carbocycles. The van der Waals surface area contributed by atoms with E-state index in [-0.39, 0.29) is 0 Å². The van der Waals surface area contributed by atoms with E-state index < -0.39 is 0 Å². The van der Waals surface area contributed by atoms with Crippen molar-refractivity contribution in [1.82, 2.24) is 10.2 Å². The minimum Gasteiger partial charge on any atom is -0.488 e. The van der Waals surface area contributed by atoms with Crippen molar-refractivity contribution in [3.63, 3.8) is 0 Å². The standard InChI is InChI=1S/C22H16BrClN2O2/c23-19-9-1-2-10-20(19)27-14-16-6-3-7-17(11-16)22-26-25-21(28-22)13-15-5-4-8-18(24)12-15/h1-12H,13-14H2. The minimum atomic E-state index is 0.444. The van der Waals surface area contributed by atoms with E-state index in [9.17, 15) is 0 Å². The van der Waals surface area contributed by atoms with Gasteiger partial charge in [-0.1, -0.05) is 48.0 Å². The van der Waals surface area contributed by atoms with Crippen LogP contribution >= 0.6 is 27.5 Å². The topological polar surface area (TPSA) is 48.2 Å². The van der Waals surface area contributed by atoms with E-state index in [2.05, 4.69) is 26.1 Å². The zero-order valence-electron chi connectivity index (χ0n) is 14.8. The van der Waals surface area contributed by atoms with E-state index in [0.29, 0.717) is 29.8 Å². The first kappa shape index (κ1) is 18.7. The van der Waals surface area contributed by atoms with Crippen LogP contribution in [0.25, 0.3) is 11.5 Å². The van der Waals surface area contributed by atoms with Crippen molar-refractivity contribution in [1.29, 1.82) is 0 Å². The van der Waals surface area contributed by atoms with E-state index in [0.717, 1.165) is 26.9 Å². The summed E-state index contributed by atoms with van der Waals surface area (Å²) in [5, 5.41) is 9.03. The molecule has 3 aromatic carbocycles. The Kier molecular flexibility index (Phi) is 5.74. The van der Waals surface area contributed by atoms with Crippen LogP contribution in [-0.4, -0.2) is 10.2 Å². The molecule has 1 heterocycles. The SMILES string of the molecule is Clc1cccc(Cc2nnc(-c3cccc(COc4ccccc4Br)c3)o2)c1. The van der Waals surface area contributed by atoms with Crippen molar-refractivity contribution < 1.29 is 9.15 Å². The Morgan fingerprint density at radius 2 is 1.71 bits per heavy atom. The Labute approximate surface area is 176 Å². The second-order valence-corrected chi connectivity index (χ2v) is 7.52. The smallest absolute Gasteiger partial charge is 0.247 e. The summed E-state index contributed by atoms with van der Waals surface area (Å²) in [4.78, 5) is 0. The van der Waals surface area contributed by atoms with Crippen LogP contribution in [0.4, 0.5) is 0 Å². The number of hydrogen-bond donors (Lipinski definition) is 0. The second kappa shape index (κ2) is 8.59. The first-order chi connectivity index (χ1) is 13.7. The molecule has 4 nitrogen and oxygen atoms in total. The molecule has 0 radical (unpaired) electrons. The Bertz CT molecular complexity index is 1100. The molecule has 0 spiro atoms. The molecular formula is C22H16BrClN2O2. The summed E-state index contributed by atoms with van der Waals surface area (Å²) >= 11 is 9.52. The fourth-order valence-electron chi connectivity index (χ4n) is 2.78. The Balaban J connectivity index is 1.47. The Hall–Kier alpha value is -2.63. The molecule has 0 aliphatic rings. The van der Waals surface area contributed by atoms with Crippen LogP contribution in [0.15, 0.2) is 81.7 Å². The normalized spacial score (nSPS) is 10.8. The van der Waals surface area contributed by atoms with Gasteiger partial charge in [-0.15, -0.1) is 10.2 Å². The number of hydrogen-bond acceptors (Lipinski definition) is 4. The third-order valence-corrected chi connectivity index (χ3v) is 5.01. The van der Waals surface area contributed by atoms with Gasteiger partial charge in [0.15, 0.2) is 0 Å². The summed E-state index contributed by atoms with van der Waals surface area (Å²) in [5.74, 6) is 1.83. The predicted molar refractivity (Wildman–Crippen MR) is 112 cm³/mol. The zero-order valence-corrected chi connectivity index (χ0v) is 17.2. The van der Waals surface area contributed by atoms with Gasteiger partial charge in [-0.05, 0) is 63.5 Å². The Morgan fingerprint density at radius 1 is 0.893 bits per heavy atom. The van der Waals surface area contributed by atoms with Crippen LogP contribution in [-0.2, 0) is 13.0 Å². The maximum atomic E-state index is 6.03. The van der Waals surface area contributed by atoms with Gasteiger partial charge in [0.25, 0.3) is 0 Å². The fourth-order valence-corrected chi connectivity index (χ4v) is 3.39. The molecule has 1 aromatic heterocycles. The van der Waals surface area contributed by atoms with Gasteiger partial charge in [0, 0.05) is 10.6 Å². The highest BCUT2D eigenvalue weighted by atomic mass is 79.9. The molecule has 0 fully saturated rings. The molecule has 0 saturated heterocycles. The van der Waals surface area contributed by atoms with Crippen molar-refractivity contribution >= 4 is 27.5 Å². The molecule has 28 heavy (non-hydrogen) atoms. The molecule has 6 heteroatoms. The van der Waals surface area contributed by atoms with Gasteiger partial charge >= 0.3 is 0 Å². The average molecular weight is 456 g/mol. The van der Waals surface area contributed by atoms with Gasteiger partial charge < -0.3 is 9.15 Å². The number of nitrogens with zero attached hydrogens (tertiary/aromatic N) is 2. The number of halogens is 2. The first-order valence-corrected chi connectivity index (χ1v) is 9.88. The van der Waals surface area contributed by atoms with E-state index in [4.69, 9.17) is 20.8 Å². The van der Waals surface area contributed by atoms with Crippen molar-refractivity contribution in [3.8, 4) is 17.2 Å². The molecule has 0 saturated carbocycles. The molecule has 0 atom stereocenters. The van der Waals surface area contributed by atoms with Gasteiger partial charge in [-0.25, -0.2) is 0 Å². The van der Waals surface area contributed by atoms with Crippen LogP contribution in [0.3, 0.4) is 0 Å². The monoisotopic (exact) mass is 454 g/mol. The van der Waals surface area contributed by atoms with E-state index in [1.165, 1.54) is 0 Å². The number of rotatable bonds is 6. The van der Waals surface area contributed by atoms with Crippen LogP contribution in [0, 0.1) is 0 Å². The van der Waals surface area contributed by atoms with Crippen LogP contribution in [0.5, 0.6) is 5.75 Å². The van der Waals surface area contributed by atoms with Gasteiger partial charge in [-0.2, -0.15) is 0 Å². The average Bonchev–Trinajstić information content (AvgIpc) is 3.16. The van der Waals surface area contributed by atoms with Crippen LogP contribution in [0.1, 0.15) is 17.0 Å². The number of aromatic nitrogens is 2. The number of benzene rings is 3. The zero-order chi connectivity index (χ0) is 19.3. The van der Waals surface area contributed by atoms with Gasteiger partial charge in [0.05, 0.1) is 10.9 Å². The highest BCUT2D eigenvalue weighted by Crippen LogP contribution is 2.26. The summed E-state index contributed by atoms with van der Waals surface area (Å²) in [6, 6.07) is 23.3. The second-order valence-electron chi connectivity index (χ2n) is 6.23. The van der Waals surface area contributed by atoms with Crippen molar-refractivity contribution in [2.45, 2.75) is 13.0 Å². The maximum absolute atomic E-state index is 6.03. The predicted octanol–water partition coefficient (Wildman–Crippen LogP) is 6.32. The van der Waals surface area contributed by atoms with Gasteiger partial charge in [-0.3, -0.25) is 0 Å². The lowest BCUT2D eigenvalue weighted by atomic mass is 10.1. The van der Waals surface area contributed by atoms with E-state index >= 15 is 0 Å². The minimum absolute atomic E-state index is 0.444. The molecule has 0 aliphatic heterocycles. The molecule has 0 N–H and O–H groups in total. The number of ether oxygens (including phenoxy) is 1. The van der Waals surface area contributed by atoms with Crippen molar-refractivity contribution in [2.24, 2.45) is 0 Å².